The Kier molecular flexibility index (Phi) is 4.51. The Hall–Kier alpha value is -1.02. The fourth-order valence-corrected chi connectivity index (χ4v) is 2.73. The number of benzene rings is 1. The van der Waals surface area contributed by atoms with Gasteiger partial charge in [0.2, 0.25) is 0 Å². The van der Waals surface area contributed by atoms with Crippen molar-refractivity contribution in [3.05, 3.63) is 29.6 Å². The second-order valence-corrected chi connectivity index (χ2v) is 5.83. The van der Waals surface area contributed by atoms with E-state index in [9.17, 15) is 0 Å². The van der Waals surface area contributed by atoms with Gasteiger partial charge in [0.05, 0.1) is 11.0 Å². The Morgan fingerprint density at radius 2 is 2.05 bits per heavy atom. The zero-order chi connectivity index (χ0) is 14.0. The van der Waals surface area contributed by atoms with Crippen LogP contribution in [0.1, 0.15) is 44.6 Å². The highest BCUT2D eigenvalue weighted by Crippen LogP contribution is 2.28. The van der Waals surface area contributed by atoms with Crippen LogP contribution in [0.25, 0.3) is 11.0 Å². The summed E-state index contributed by atoms with van der Waals surface area (Å²) >= 11 is 5.93. The molecule has 0 N–H and O–H groups in total. The number of alkyl halides is 1. The minimum Gasteiger partial charge on any atom is -0.325 e. The van der Waals surface area contributed by atoms with Crippen LogP contribution in [-0.2, 0) is 6.42 Å². The molecule has 104 valence electrons. The van der Waals surface area contributed by atoms with E-state index in [1.165, 1.54) is 17.5 Å². The van der Waals surface area contributed by atoms with Crippen LogP contribution in [0, 0.1) is 12.8 Å². The van der Waals surface area contributed by atoms with E-state index in [2.05, 4.69) is 50.5 Å². The van der Waals surface area contributed by atoms with E-state index in [4.69, 9.17) is 16.6 Å². The molecule has 0 saturated heterocycles. The third kappa shape index (κ3) is 2.79. The maximum atomic E-state index is 5.93. The van der Waals surface area contributed by atoms with E-state index in [1.807, 2.05) is 0 Å². The molecular weight excluding hydrogens is 256 g/mol. The normalized spacial score (nSPS) is 14.8. The van der Waals surface area contributed by atoms with Crippen molar-refractivity contribution in [2.45, 2.75) is 46.6 Å². The van der Waals surface area contributed by atoms with Crippen molar-refractivity contribution in [3.63, 3.8) is 0 Å². The summed E-state index contributed by atoms with van der Waals surface area (Å²) in [6, 6.07) is 6.93. The molecule has 0 saturated carbocycles. The van der Waals surface area contributed by atoms with Crippen molar-refractivity contribution in [2.24, 2.45) is 5.92 Å². The van der Waals surface area contributed by atoms with Gasteiger partial charge in [0.1, 0.15) is 5.82 Å². The van der Waals surface area contributed by atoms with Crippen molar-refractivity contribution < 1.29 is 0 Å². The maximum absolute atomic E-state index is 5.93. The molecule has 2 atom stereocenters. The molecule has 2 unspecified atom stereocenters. The van der Waals surface area contributed by atoms with Crippen LogP contribution in [0.15, 0.2) is 18.2 Å². The summed E-state index contributed by atoms with van der Waals surface area (Å²) in [7, 11) is 0. The predicted octanol–water partition coefficient (Wildman–Crippen LogP) is 4.73. The van der Waals surface area contributed by atoms with Crippen LogP contribution in [-0.4, -0.2) is 15.4 Å². The van der Waals surface area contributed by atoms with E-state index in [1.54, 1.807) is 0 Å². The molecule has 2 rings (SSSR count). The molecule has 0 aliphatic rings. The average molecular weight is 279 g/mol. The Morgan fingerprint density at radius 3 is 2.68 bits per heavy atom. The molecule has 1 aromatic carbocycles. The van der Waals surface area contributed by atoms with Gasteiger partial charge in [0.25, 0.3) is 0 Å². The molecule has 0 aliphatic carbocycles. The minimum absolute atomic E-state index is 0.454. The molecule has 2 nitrogen and oxygen atoms in total. The standard InChI is InChI=1S/C16H23ClN2/c1-5-12(3)13(4)19-15-10-11(2)6-7-14(15)18-16(19)8-9-17/h6-7,10,12-13H,5,8-9H2,1-4H3. The lowest BCUT2D eigenvalue weighted by atomic mass is 10.00. The Bertz CT molecular complexity index is 559. The predicted molar refractivity (Wildman–Crippen MR) is 83.1 cm³/mol. The van der Waals surface area contributed by atoms with Gasteiger partial charge in [-0.25, -0.2) is 4.98 Å². The van der Waals surface area contributed by atoms with Gasteiger partial charge in [-0.1, -0.05) is 26.3 Å². The van der Waals surface area contributed by atoms with Crippen molar-refractivity contribution >= 4 is 22.6 Å². The number of hydrogen-bond donors (Lipinski definition) is 0. The third-order valence-electron chi connectivity index (χ3n) is 4.11. The van der Waals surface area contributed by atoms with E-state index < -0.39 is 0 Å². The topological polar surface area (TPSA) is 17.8 Å². The molecule has 0 amide bonds. The maximum Gasteiger partial charge on any atom is 0.111 e. The molecule has 19 heavy (non-hydrogen) atoms. The van der Waals surface area contributed by atoms with Gasteiger partial charge in [-0.3, -0.25) is 0 Å². The van der Waals surface area contributed by atoms with Gasteiger partial charge in [-0.2, -0.15) is 0 Å². The number of halogens is 1. The Morgan fingerprint density at radius 1 is 1.32 bits per heavy atom. The van der Waals surface area contributed by atoms with Crippen molar-refractivity contribution in [3.8, 4) is 0 Å². The highest BCUT2D eigenvalue weighted by atomic mass is 35.5. The summed E-state index contributed by atoms with van der Waals surface area (Å²) in [6.07, 6.45) is 2.00. The zero-order valence-electron chi connectivity index (χ0n) is 12.3. The van der Waals surface area contributed by atoms with Crippen LogP contribution in [0.5, 0.6) is 0 Å². The molecule has 1 aromatic heterocycles. The summed E-state index contributed by atoms with van der Waals surface area (Å²) in [5.41, 5.74) is 3.61. The number of aryl methyl sites for hydroxylation is 2. The second kappa shape index (κ2) is 5.96. The molecule has 0 bridgehead atoms. The molecule has 3 heteroatoms. The van der Waals surface area contributed by atoms with Crippen molar-refractivity contribution in [1.82, 2.24) is 9.55 Å². The largest absolute Gasteiger partial charge is 0.325 e. The summed E-state index contributed by atoms with van der Waals surface area (Å²) in [4.78, 5) is 4.76. The quantitative estimate of drug-likeness (QED) is 0.723. The third-order valence-corrected chi connectivity index (χ3v) is 4.30. The van der Waals surface area contributed by atoms with E-state index in [-0.39, 0.29) is 0 Å². The minimum atomic E-state index is 0.454. The molecule has 0 fully saturated rings. The monoisotopic (exact) mass is 278 g/mol. The molecule has 1 heterocycles. The first-order chi connectivity index (χ1) is 9.08. The Labute approximate surface area is 120 Å². The molecule has 2 aromatic rings. The van der Waals surface area contributed by atoms with Crippen LogP contribution >= 0.6 is 11.6 Å². The van der Waals surface area contributed by atoms with Gasteiger partial charge < -0.3 is 4.57 Å². The molecule has 0 aliphatic heterocycles. The number of fused-ring (bicyclic) bond motifs is 1. The summed E-state index contributed by atoms with van der Waals surface area (Å²) < 4.78 is 2.39. The van der Waals surface area contributed by atoms with Gasteiger partial charge in [0, 0.05) is 18.3 Å². The number of aromatic nitrogens is 2. The lowest BCUT2D eigenvalue weighted by Gasteiger charge is -2.23. The summed E-state index contributed by atoms with van der Waals surface area (Å²) in [6.45, 7) is 8.96. The molecule has 0 radical (unpaired) electrons. The summed E-state index contributed by atoms with van der Waals surface area (Å²) in [5.74, 6) is 2.37. The fourth-order valence-electron chi connectivity index (χ4n) is 2.56. The Balaban J connectivity index is 2.59. The van der Waals surface area contributed by atoms with Gasteiger partial charge in [0.15, 0.2) is 0 Å². The lowest BCUT2D eigenvalue weighted by Crippen LogP contribution is -2.16. The van der Waals surface area contributed by atoms with Crippen LogP contribution in [0.3, 0.4) is 0 Å². The highest BCUT2D eigenvalue weighted by molar-refractivity contribution is 6.17. The van der Waals surface area contributed by atoms with Gasteiger partial charge in [-0.15, -0.1) is 11.6 Å². The summed E-state index contributed by atoms with van der Waals surface area (Å²) in [5, 5.41) is 0. The number of rotatable bonds is 5. The van der Waals surface area contributed by atoms with Crippen molar-refractivity contribution in [2.75, 3.05) is 5.88 Å². The number of nitrogens with zero attached hydrogens (tertiary/aromatic N) is 2. The SMILES string of the molecule is CCC(C)C(C)n1c(CCCl)nc2ccc(C)cc21. The number of hydrogen-bond acceptors (Lipinski definition) is 1. The van der Waals surface area contributed by atoms with Gasteiger partial charge in [-0.05, 0) is 37.5 Å². The van der Waals surface area contributed by atoms with Crippen LogP contribution in [0.4, 0.5) is 0 Å². The first-order valence-corrected chi connectivity index (χ1v) is 7.65. The average Bonchev–Trinajstić information content (AvgIpc) is 2.74. The first kappa shape index (κ1) is 14.4. The second-order valence-electron chi connectivity index (χ2n) is 5.46. The highest BCUT2D eigenvalue weighted by Gasteiger charge is 2.19. The van der Waals surface area contributed by atoms with E-state index in [0.29, 0.717) is 17.8 Å². The van der Waals surface area contributed by atoms with E-state index >= 15 is 0 Å². The number of imidazole rings is 1. The van der Waals surface area contributed by atoms with Crippen LogP contribution < -0.4 is 0 Å². The van der Waals surface area contributed by atoms with Crippen LogP contribution in [0.2, 0.25) is 0 Å². The molecular formula is C16H23ClN2. The fraction of sp³-hybridized carbons (Fsp3) is 0.562. The zero-order valence-corrected chi connectivity index (χ0v) is 13.0. The molecule has 0 spiro atoms. The smallest absolute Gasteiger partial charge is 0.111 e. The lowest BCUT2D eigenvalue weighted by molar-refractivity contribution is 0.369. The first-order valence-electron chi connectivity index (χ1n) is 7.11. The van der Waals surface area contributed by atoms with E-state index in [0.717, 1.165) is 17.8 Å². The van der Waals surface area contributed by atoms with Crippen molar-refractivity contribution in [1.29, 1.82) is 0 Å². The van der Waals surface area contributed by atoms with Gasteiger partial charge >= 0.3 is 0 Å².